The average molecular weight is 380 g/mol. The second kappa shape index (κ2) is 8.12. The summed E-state index contributed by atoms with van der Waals surface area (Å²) in [6.07, 6.45) is 0. The standard InChI is InChI=1S/C19H16N4O5/c1-28-16-8-4-14(5-9-16)20-19(25)17-10-11-18(24)22(21-17)12-13-2-6-15(7-3-13)23(26)27/h2-11H,12H2,1H3,(H,20,25). The molecular weight excluding hydrogens is 364 g/mol. The molecule has 0 aliphatic rings. The average Bonchev–Trinajstić information content (AvgIpc) is 2.70. The number of nitro groups is 1. The van der Waals surface area contributed by atoms with Gasteiger partial charge in [0.1, 0.15) is 11.4 Å². The number of hydrogen-bond acceptors (Lipinski definition) is 6. The highest BCUT2D eigenvalue weighted by atomic mass is 16.6. The molecule has 0 fully saturated rings. The van der Waals surface area contributed by atoms with Gasteiger partial charge in [-0.05, 0) is 35.9 Å². The van der Waals surface area contributed by atoms with Crippen molar-refractivity contribution in [1.82, 2.24) is 9.78 Å². The van der Waals surface area contributed by atoms with Crippen molar-refractivity contribution in [2.75, 3.05) is 12.4 Å². The van der Waals surface area contributed by atoms with Gasteiger partial charge in [-0.25, -0.2) is 4.68 Å². The Morgan fingerprint density at radius 1 is 1.11 bits per heavy atom. The van der Waals surface area contributed by atoms with Crippen molar-refractivity contribution in [1.29, 1.82) is 0 Å². The number of rotatable bonds is 6. The Morgan fingerprint density at radius 2 is 1.79 bits per heavy atom. The molecule has 3 rings (SSSR count). The lowest BCUT2D eigenvalue weighted by Crippen LogP contribution is -2.26. The van der Waals surface area contributed by atoms with E-state index in [1.807, 2.05) is 0 Å². The third-order valence-corrected chi connectivity index (χ3v) is 3.93. The van der Waals surface area contributed by atoms with E-state index in [4.69, 9.17) is 4.74 Å². The van der Waals surface area contributed by atoms with E-state index >= 15 is 0 Å². The number of nitrogens with zero attached hydrogens (tertiary/aromatic N) is 3. The first-order valence-corrected chi connectivity index (χ1v) is 8.23. The lowest BCUT2D eigenvalue weighted by Gasteiger charge is -2.08. The van der Waals surface area contributed by atoms with Gasteiger partial charge >= 0.3 is 0 Å². The number of hydrogen-bond donors (Lipinski definition) is 1. The zero-order valence-electron chi connectivity index (χ0n) is 14.9. The molecule has 1 amide bonds. The van der Waals surface area contributed by atoms with Crippen LogP contribution < -0.4 is 15.6 Å². The molecule has 1 aromatic heterocycles. The monoisotopic (exact) mass is 380 g/mol. The van der Waals surface area contributed by atoms with Crippen LogP contribution in [0.15, 0.2) is 65.5 Å². The third-order valence-electron chi connectivity index (χ3n) is 3.93. The van der Waals surface area contributed by atoms with Crippen molar-refractivity contribution in [2.24, 2.45) is 0 Å². The molecule has 1 heterocycles. The largest absolute Gasteiger partial charge is 0.497 e. The molecule has 0 atom stereocenters. The van der Waals surface area contributed by atoms with Crippen LogP contribution >= 0.6 is 0 Å². The maximum absolute atomic E-state index is 12.4. The molecule has 0 saturated heterocycles. The van der Waals surface area contributed by atoms with Crippen molar-refractivity contribution in [3.05, 3.63) is 92.4 Å². The number of carbonyl (C=O) groups excluding carboxylic acids is 1. The molecule has 0 aliphatic heterocycles. The maximum Gasteiger partial charge on any atom is 0.276 e. The van der Waals surface area contributed by atoms with Crippen molar-refractivity contribution in [3.8, 4) is 5.75 Å². The van der Waals surface area contributed by atoms with Gasteiger partial charge in [-0.2, -0.15) is 5.10 Å². The minimum absolute atomic E-state index is 0.0447. The molecule has 0 spiro atoms. The summed E-state index contributed by atoms with van der Waals surface area (Å²) >= 11 is 0. The fourth-order valence-corrected chi connectivity index (χ4v) is 2.45. The van der Waals surface area contributed by atoms with Gasteiger partial charge in [-0.15, -0.1) is 0 Å². The van der Waals surface area contributed by atoms with Gasteiger partial charge < -0.3 is 10.1 Å². The van der Waals surface area contributed by atoms with Gasteiger partial charge in [0, 0.05) is 23.9 Å². The molecule has 0 unspecified atom stereocenters. The molecule has 28 heavy (non-hydrogen) atoms. The van der Waals surface area contributed by atoms with Crippen molar-refractivity contribution in [3.63, 3.8) is 0 Å². The number of ether oxygens (including phenoxy) is 1. The maximum atomic E-state index is 12.4. The number of aromatic nitrogens is 2. The van der Waals surface area contributed by atoms with E-state index in [-0.39, 0.29) is 23.5 Å². The summed E-state index contributed by atoms with van der Waals surface area (Å²) in [5, 5.41) is 17.5. The first-order chi connectivity index (χ1) is 13.5. The Bertz CT molecular complexity index is 1060. The third kappa shape index (κ3) is 4.39. The normalized spacial score (nSPS) is 10.3. The second-order valence-corrected chi connectivity index (χ2v) is 5.82. The molecule has 142 valence electrons. The smallest absolute Gasteiger partial charge is 0.276 e. The van der Waals surface area contributed by atoms with Crippen LogP contribution in [0.25, 0.3) is 0 Å². The van der Waals surface area contributed by atoms with Crippen LogP contribution in [-0.4, -0.2) is 27.7 Å². The number of nitrogens with one attached hydrogen (secondary N) is 1. The molecule has 9 heteroatoms. The Balaban J connectivity index is 1.77. The van der Waals surface area contributed by atoms with Crippen molar-refractivity contribution >= 4 is 17.3 Å². The molecule has 2 aromatic carbocycles. The van der Waals surface area contributed by atoms with Crippen LogP contribution in [0.5, 0.6) is 5.75 Å². The van der Waals surface area contributed by atoms with Crippen LogP contribution in [-0.2, 0) is 6.54 Å². The van der Waals surface area contributed by atoms with Crippen LogP contribution in [0, 0.1) is 10.1 Å². The second-order valence-electron chi connectivity index (χ2n) is 5.82. The van der Waals surface area contributed by atoms with E-state index in [0.717, 1.165) is 4.68 Å². The number of amides is 1. The molecule has 3 aromatic rings. The van der Waals surface area contributed by atoms with E-state index in [1.165, 1.54) is 36.4 Å². The summed E-state index contributed by atoms with van der Waals surface area (Å²) in [7, 11) is 1.55. The van der Waals surface area contributed by atoms with E-state index in [9.17, 15) is 19.7 Å². The number of non-ortho nitro benzene ring substituents is 1. The number of anilines is 1. The zero-order chi connectivity index (χ0) is 20.1. The highest BCUT2D eigenvalue weighted by Crippen LogP contribution is 2.16. The van der Waals surface area contributed by atoms with Crippen LogP contribution in [0.1, 0.15) is 16.1 Å². The Labute approximate surface area is 159 Å². The van der Waals surface area contributed by atoms with Crippen LogP contribution in [0.2, 0.25) is 0 Å². The predicted octanol–water partition coefficient (Wildman–Crippen LogP) is 2.46. The molecule has 0 bridgehead atoms. The summed E-state index contributed by atoms with van der Waals surface area (Å²) in [6.45, 7) is 0.0838. The van der Waals surface area contributed by atoms with Gasteiger partial charge in [0.2, 0.25) is 0 Å². The summed E-state index contributed by atoms with van der Waals surface area (Å²) < 4.78 is 6.19. The first kappa shape index (κ1) is 18.8. The molecular formula is C19H16N4O5. The van der Waals surface area contributed by atoms with E-state index in [2.05, 4.69) is 10.4 Å². The quantitative estimate of drug-likeness (QED) is 0.519. The summed E-state index contributed by atoms with van der Waals surface area (Å²) in [5.74, 6) is 0.190. The number of carbonyl (C=O) groups is 1. The lowest BCUT2D eigenvalue weighted by molar-refractivity contribution is -0.384. The van der Waals surface area contributed by atoms with Crippen molar-refractivity contribution < 1.29 is 14.5 Å². The van der Waals surface area contributed by atoms with E-state index < -0.39 is 10.8 Å². The minimum atomic E-state index is -0.502. The Hall–Kier alpha value is -4.01. The topological polar surface area (TPSA) is 116 Å². The summed E-state index contributed by atoms with van der Waals surface area (Å²) in [4.78, 5) is 34.7. The lowest BCUT2D eigenvalue weighted by atomic mass is 10.2. The Kier molecular flexibility index (Phi) is 5.45. The fraction of sp³-hybridized carbons (Fsp3) is 0.105. The zero-order valence-corrected chi connectivity index (χ0v) is 14.9. The van der Waals surface area contributed by atoms with Crippen molar-refractivity contribution in [2.45, 2.75) is 6.54 Å². The molecule has 1 N–H and O–H groups in total. The summed E-state index contributed by atoms with van der Waals surface area (Å²) in [6, 6.07) is 15.1. The number of methoxy groups -OCH3 is 1. The predicted molar refractivity (Wildman–Crippen MR) is 102 cm³/mol. The Morgan fingerprint density at radius 3 is 2.39 bits per heavy atom. The minimum Gasteiger partial charge on any atom is -0.497 e. The van der Waals surface area contributed by atoms with E-state index in [1.54, 1.807) is 31.4 Å². The molecule has 9 nitrogen and oxygen atoms in total. The first-order valence-electron chi connectivity index (χ1n) is 8.23. The number of benzene rings is 2. The van der Waals surface area contributed by atoms with Gasteiger partial charge in [0.05, 0.1) is 18.6 Å². The molecule has 0 aliphatic carbocycles. The molecule has 0 saturated carbocycles. The summed E-state index contributed by atoms with van der Waals surface area (Å²) in [5.41, 5.74) is 0.835. The highest BCUT2D eigenvalue weighted by Gasteiger charge is 2.11. The van der Waals surface area contributed by atoms with Gasteiger partial charge in [-0.3, -0.25) is 19.7 Å². The fourth-order valence-electron chi connectivity index (χ4n) is 2.45. The van der Waals surface area contributed by atoms with Crippen LogP contribution in [0.3, 0.4) is 0 Å². The van der Waals surface area contributed by atoms with Gasteiger partial charge in [0.15, 0.2) is 0 Å². The van der Waals surface area contributed by atoms with Crippen LogP contribution in [0.4, 0.5) is 11.4 Å². The number of nitro benzene ring substituents is 1. The van der Waals surface area contributed by atoms with Gasteiger partial charge in [0.25, 0.3) is 17.2 Å². The molecule has 0 radical (unpaired) electrons. The van der Waals surface area contributed by atoms with E-state index in [0.29, 0.717) is 17.0 Å². The SMILES string of the molecule is COc1ccc(NC(=O)c2ccc(=O)n(Cc3ccc([N+](=O)[O-])cc3)n2)cc1. The highest BCUT2D eigenvalue weighted by molar-refractivity contribution is 6.02. The van der Waals surface area contributed by atoms with Gasteiger partial charge in [-0.1, -0.05) is 12.1 Å².